The van der Waals surface area contributed by atoms with Crippen LogP contribution in [0.5, 0.6) is 5.75 Å². The Kier molecular flexibility index (Phi) is 5.54. The number of hydrogen-bond acceptors (Lipinski definition) is 5. The van der Waals surface area contributed by atoms with E-state index in [1.165, 1.54) is 33.5 Å². The lowest BCUT2D eigenvalue weighted by Gasteiger charge is -2.32. The van der Waals surface area contributed by atoms with E-state index >= 15 is 0 Å². The Morgan fingerprint density at radius 1 is 1.12 bits per heavy atom. The summed E-state index contributed by atoms with van der Waals surface area (Å²) < 4.78 is 8.76. The van der Waals surface area contributed by atoms with Crippen LogP contribution in [0.25, 0.3) is 20.3 Å². The van der Waals surface area contributed by atoms with Gasteiger partial charge in [0.2, 0.25) is 0 Å². The number of rotatable bonds is 6. The molecule has 2 aromatic carbocycles. The minimum atomic E-state index is -0.314. The number of methoxy groups -OCH3 is 1. The van der Waals surface area contributed by atoms with Gasteiger partial charge in [-0.05, 0) is 55.8 Å². The van der Waals surface area contributed by atoms with Crippen molar-refractivity contribution in [2.75, 3.05) is 13.7 Å². The largest absolute Gasteiger partial charge is 0.496 e. The quantitative estimate of drug-likeness (QED) is 0.405. The van der Waals surface area contributed by atoms with Gasteiger partial charge in [-0.2, -0.15) is 0 Å². The molecule has 4 aromatic rings. The molecule has 7 heteroatoms. The summed E-state index contributed by atoms with van der Waals surface area (Å²) in [5.41, 5.74) is 2.98. The maximum Gasteiger partial charge on any atom is 0.328 e. The van der Waals surface area contributed by atoms with Crippen molar-refractivity contribution in [3.05, 3.63) is 74.4 Å². The van der Waals surface area contributed by atoms with Gasteiger partial charge in [-0.3, -0.25) is 9.36 Å². The van der Waals surface area contributed by atoms with Crippen LogP contribution in [0.3, 0.4) is 0 Å². The molecule has 1 unspecified atom stereocenters. The Balaban J connectivity index is 1.18. The van der Waals surface area contributed by atoms with Crippen molar-refractivity contribution in [2.45, 2.75) is 50.6 Å². The molecular weight excluding hydrogens is 446 g/mol. The van der Waals surface area contributed by atoms with E-state index < -0.39 is 0 Å². The molecule has 3 atom stereocenters. The summed E-state index contributed by atoms with van der Waals surface area (Å²) in [5, 5.41) is 4.70. The molecule has 6 nitrogen and oxygen atoms in total. The van der Waals surface area contributed by atoms with Gasteiger partial charge in [-0.1, -0.05) is 36.8 Å². The van der Waals surface area contributed by atoms with Crippen molar-refractivity contribution in [3.8, 4) is 5.75 Å². The van der Waals surface area contributed by atoms with Crippen LogP contribution >= 0.6 is 11.3 Å². The molecule has 1 aliphatic carbocycles. The zero-order chi connectivity index (χ0) is 23.2. The minimum absolute atomic E-state index is 0.176. The van der Waals surface area contributed by atoms with Gasteiger partial charge in [0.1, 0.15) is 10.4 Å². The lowest BCUT2D eigenvalue weighted by atomic mass is 9.73. The zero-order valence-electron chi connectivity index (χ0n) is 19.3. The maximum atomic E-state index is 13.1. The van der Waals surface area contributed by atoms with E-state index in [0.29, 0.717) is 34.6 Å². The number of unbranched alkanes of at least 4 members (excludes halogenated alkanes) is 1. The van der Waals surface area contributed by atoms with Crippen LogP contribution in [0.1, 0.15) is 42.7 Å². The van der Waals surface area contributed by atoms with Crippen molar-refractivity contribution in [3.63, 3.8) is 0 Å². The van der Waals surface area contributed by atoms with Gasteiger partial charge in [-0.15, -0.1) is 11.3 Å². The molecule has 0 bridgehead atoms. The molecule has 2 aliphatic rings. The van der Waals surface area contributed by atoms with Gasteiger partial charge in [0.25, 0.3) is 5.56 Å². The van der Waals surface area contributed by atoms with Crippen molar-refractivity contribution >= 4 is 31.6 Å². The first-order valence-electron chi connectivity index (χ1n) is 12.2. The molecule has 1 saturated heterocycles. The number of aromatic nitrogens is 2. The number of thiophene rings is 1. The zero-order valence-corrected chi connectivity index (χ0v) is 20.1. The number of nitrogens with zero attached hydrogens (tertiary/aromatic N) is 1. The minimum Gasteiger partial charge on any atom is -0.496 e. The van der Waals surface area contributed by atoms with Gasteiger partial charge in [0, 0.05) is 34.2 Å². The normalized spacial score (nSPS) is 21.6. The highest BCUT2D eigenvalue weighted by atomic mass is 32.1. The second-order valence-electron chi connectivity index (χ2n) is 9.56. The molecule has 0 spiro atoms. The molecular formula is C27H29N3O3S. The number of fused-ring (bicyclic) bond motifs is 6. The molecule has 1 aliphatic heterocycles. The predicted molar refractivity (Wildman–Crippen MR) is 137 cm³/mol. The molecule has 0 saturated carbocycles. The van der Waals surface area contributed by atoms with Crippen molar-refractivity contribution in [1.82, 2.24) is 14.9 Å². The smallest absolute Gasteiger partial charge is 0.328 e. The average Bonchev–Trinajstić information content (AvgIpc) is 3.44. The topological polar surface area (TPSA) is 76.1 Å². The third kappa shape index (κ3) is 3.49. The Morgan fingerprint density at radius 2 is 2.00 bits per heavy atom. The Labute approximate surface area is 201 Å². The summed E-state index contributed by atoms with van der Waals surface area (Å²) in [4.78, 5) is 28.8. The van der Waals surface area contributed by atoms with Crippen molar-refractivity contribution in [1.29, 1.82) is 0 Å². The number of aryl methyl sites for hydroxylation is 1. The van der Waals surface area contributed by atoms with Crippen LogP contribution in [-0.4, -0.2) is 29.2 Å². The number of H-pyrrole nitrogens is 1. The van der Waals surface area contributed by atoms with E-state index in [0.717, 1.165) is 48.1 Å². The Bertz CT molecular complexity index is 1470. The lowest BCUT2D eigenvalue weighted by molar-refractivity contribution is 0.360. The van der Waals surface area contributed by atoms with E-state index in [9.17, 15) is 9.59 Å². The highest BCUT2D eigenvalue weighted by Gasteiger charge is 2.41. The van der Waals surface area contributed by atoms with Gasteiger partial charge in [0.15, 0.2) is 0 Å². The second-order valence-corrected chi connectivity index (χ2v) is 10.6. The van der Waals surface area contributed by atoms with Crippen LogP contribution in [-0.2, 0) is 13.0 Å². The third-order valence-electron chi connectivity index (χ3n) is 7.74. The fourth-order valence-corrected chi connectivity index (χ4v) is 7.24. The summed E-state index contributed by atoms with van der Waals surface area (Å²) in [6.45, 7) is 1.49. The molecule has 34 heavy (non-hydrogen) atoms. The first-order chi connectivity index (χ1) is 16.7. The molecule has 0 radical (unpaired) electrons. The third-order valence-corrected chi connectivity index (χ3v) is 8.90. The number of ether oxygens (including phenoxy) is 1. The average molecular weight is 476 g/mol. The Morgan fingerprint density at radius 3 is 2.88 bits per heavy atom. The summed E-state index contributed by atoms with van der Waals surface area (Å²) in [7, 11) is 1.76. The molecule has 2 N–H and O–H groups in total. The van der Waals surface area contributed by atoms with Gasteiger partial charge in [-0.25, -0.2) is 4.79 Å². The van der Waals surface area contributed by atoms with E-state index in [4.69, 9.17) is 4.74 Å². The standard InChI is InChI=1S/C27H29N3O3S/c1-33-20-10-6-7-16-12-13-17-15-28-19(22(17)23(16)20)9-4-5-14-30-26(31)25-24(29-27(30)32)18-8-2-3-11-21(18)34-25/h2-3,6-8,10-11,17,19,22,28H,4-5,9,12-15H2,1H3,(H,29,32)/t17-,19?,22+/m1/s1. The predicted octanol–water partition coefficient (Wildman–Crippen LogP) is 4.40. The molecule has 3 heterocycles. The molecule has 176 valence electrons. The van der Waals surface area contributed by atoms with Crippen LogP contribution in [0.2, 0.25) is 0 Å². The fourth-order valence-electron chi connectivity index (χ4n) is 6.14. The molecule has 6 rings (SSSR count). The van der Waals surface area contributed by atoms with Gasteiger partial charge in [0.05, 0.1) is 12.6 Å². The maximum absolute atomic E-state index is 13.1. The Hall–Kier alpha value is -2.90. The van der Waals surface area contributed by atoms with Gasteiger partial charge >= 0.3 is 5.69 Å². The summed E-state index contributed by atoms with van der Waals surface area (Å²) in [6.07, 6.45) is 5.12. The summed E-state index contributed by atoms with van der Waals surface area (Å²) >= 11 is 1.45. The lowest BCUT2D eigenvalue weighted by Crippen LogP contribution is -2.34. The first kappa shape index (κ1) is 21.6. The van der Waals surface area contributed by atoms with E-state index in [1.807, 2.05) is 24.3 Å². The second kappa shape index (κ2) is 8.71. The summed E-state index contributed by atoms with van der Waals surface area (Å²) in [6, 6.07) is 14.7. The highest BCUT2D eigenvalue weighted by Crippen LogP contribution is 2.46. The monoisotopic (exact) mass is 475 g/mol. The molecule has 0 amide bonds. The van der Waals surface area contributed by atoms with Crippen LogP contribution in [0.15, 0.2) is 52.1 Å². The molecule has 2 aromatic heterocycles. The van der Waals surface area contributed by atoms with Crippen LogP contribution in [0.4, 0.5) is 0 Å². The van der Waals surface area contributed by atoms with E-state index in [2.05, 4.69) is 28.5 Å². The van der Waals surface area contributed by atoms with Crippen LogP contribution in [0, 0.1) is 5.92 Å². The van der Waals surface area contributed by atoms with E-state index in [1.54, 1.807) is 7.11 Å². The van der Waals surface area contributed by atoms with Crippen molar-refractivity contribution in [2.24, 2.45) is 5.92 Å². The first-order valence-corrected chi connectivity index (χ1v) is 13.0. The number of benzene rings is 2. The summed E-state index contributed by atoms with van der Waals surface area (Å²) in [5.74, 6) is 2.13. The van der Waals surface area contributed by atoms with Crippen molar-refractivity contribution < 1.29 is 4.74 Å². The SMILES string of the molecule is COc1cccc2c1[C@@H]1C(CCCCn3c(=O)[nH]c4c(sc5ccccc54)c3=O)NC[C@H]1CC2. The number of nitrogens with one attached hydrogen (secondary N) is 2. The highest BCUT2D eigenvalue weighted by molar-refractivity contribution is 7.25. The van der Waals surface area contributed by atoms with Gasteiger partial charge < -0.3 is 15.0 Å². The van der Waals surface area contributed by atoms with E-state index in [-0.39, 0.29) is 11.2 Å². The van der Waals surface area contributed by atoms with Crippen LogP contribution < -0.4 is 21.3 Å². The fraction of sp³-hybridized carbons (Fsp3) is 0.407. The number of aromatic amines is 1. The molecule has 1 fully saturated rings. The number of hydrogen-bond donors (Lipinski definition) is 2.